The van der Waals surface area contributed by atoms with Gasteiger partial charge in [0.05, 0.1) is 9.82 Å². The van der Waals surface area contributed by atoms with Crippen LogP contribution in [0, 0.1) is 10.1 Å². The fraction of sp³-hybridized carbons (Fsp3) is 0. The highest BCUT2D eigenvalue weighted by molar-refractivity contribution is 7.92. The predicted octanol–water partition coefficient (Wildman–Crippen LogP) is 3.10. The number of pyridine rings is 1. The number of anilines is 1. The largest absolute Gasteiger partial charge is 0.312 e. The number of nitrogens with one attached hydrogen (secondary N) is 1. The molecule has 21 heavy (non-hydrogen) atoms. The van der Waals surface area contributed by atoms with E-state index < -0.39 is 26.5 Å². The summed E-state index contributed by atoms with van der Waals surface area (Å²) in [4.78, 5) is 13.6. The Kier molecular flexibility index (Phi) is 4.31. The van der Waals surface area contributed by atoms with Crippen molar-refractivity contribution in [2.45, 2.75) is 4.90 Å². The van der Waals surface area contributed by atoms with Gasteiger partial charge in [-0.2, -0.15) is 0 Å². The van der Waals surface area contributed by atoms with E-state index in [0.29, 0.717) is 5.02 Å². The Morgan fingerprint density at radius 2 is 1.71 bits per heavy atom. The van der Waals surface area contributed by atoms with Crippen LogP contribution >= 0.6 is 23.2 Å². The molecule has 1 N–H and O–H groups in total. The van der Waals surface area contributed by atoms with Gasteiger partial charge < -0.3 is 0 Å². The van der Waals surface area contributed by atoms with Gasteiger partial charge in [0.1, 0.15) is 5.15 Å². The summed E-state index contributed by atoms with van der Waals surface area (Å²) in [5.41, 5.74) is -0.503. The number of hydrogen-bond donors (Lipinski definition) is 1. The van der Waals surface area contributed by atoms with Gasteiger partial charge in [0.25, 0.3) is 10.0 Å². The Hall–Kier alpha value is -1.90. The molecular weight excluding hydrogens is 341 g/mol. The highest BCUT2D eigenvalue weighted by Crippen LogP contribution is 2.26. The van der Waals surface area contributed by atoms with Crippen LogP contribution in [0.1, 0.15) is 0 Å². The first-order valence-electron chi connectivity index (χ1n) is 5.39. The first kappa shape index (κ1) is 15.5. The second-order valence-corrected chi connectivity index (χ2v) is 6.32. The summed E-state index contributed by atoms with van der Waals surface area (Å²) in [7, 11) is -4.04. The van der Waals surface area contributed by atoms with Crippen molar-refractivity contribution < 1.29 is 13.3 Å². The lowest BCUT2D eigenvalue weighted by Crippen LogP contribution is -2.15. The summed E-state index contributed by atoms with van der Waals surface area (Å²) in [6.45, 7) is 0. The number of sulfonamides is 1. The minimum atomic E-state index is -4.04. The standard InChI is InChI=1S/C11H7Cl2N3O4S/c12-7-1-3-8(4-2-7)21(19,20)15-11-9(16(17)18)5-6-10(13)14-11/h1-6H,(H,14,15). The van der Waals surface area contributed by atoms with E-state index >= 15 is 0 Å². The molecule has 2 rings (SSSR count). The van der Waals surface area contributed by atoms with Crippen molar-refractivity contribution >= 4 is 44.7 Å². The van der Waals surface area contributed by atoms with Gasteiger partial charge in [-0.05, 0) is 30.3 Å². The van der Waals surface area contributed by atoms with Crippen LogP contribution < -0.4 is 4.72 Å². The Morgan fingerprint density at radius 3 is 2.29 bits per heavy atom. The summed E-state index contributed by atoms with van der Waals surface area (Å²) in [5, 5.41) is 11.2. The second-order valence-electron chi connectivity index (χ2n) is 3.82. The molecule has 0 spiro atoms. The van der Waals surface area contributed by atoms with Crippen molar-refractivity contribution in [1.82, 2.24) is 4.98 Å². The molecule has 110 valence electrons. The van der Waals surface area contributed by atoms with Crippen molar-refractivity contribution in [2.24, 2.45) is 0 Å². The van der Waals surface area contributed by atoms with Crippen LogP contribution in [0.2, 0.25) is 10.2 Å². The molecule has 1 heterocycles. The van der Waals surface area contributed by atoms with Crippen LogP contribution in [-0.2, 0) is 10.0 Å². The Morgan fingerprint density at radius 1 is 1.10 bits per heavy atom. The molecule has 0 amide bonds. The molecule has 0 aliphatic carbocycles. The first-order valence-corrected chi connectivity index (χ1v) is 7.63. The van der Waals surface area contributed by atoms with Crippen LogP contribution in [0.15, 0.2) is 41.3 Å². The van der Waals surface area contributed by atoms with Crippen LogP contribution in [-0.4, -0.2) is 18.3 Å². The van der Waals surface area contributed by atoms with E-state index in [1.807, 2.05) is 4.72 Å². The van der Waals surface area contributed by atoms with Gasteiger partial charge in [0, 0.05) is 11.1 Å². The molecule has 0 aliphatic heterocycles. The minimum absolute atomic E-state index is 0.0746. The number of hydrogen-bond acceptors (Lipinski definition) is 5. The molecule has 0 saturated carbocycles. The third-order valence-corrected chi connectivity index (χ3v) is 4.21. The summed E-state index contributed by atoms with van der Waals surface area (Å²) in [5.74, 6) is -0.456. The molecule has 1 aromatic heterocycles. The van der Waals surface area contributed by atoms with Gasteiger partial charge in [-0.25, -0.2) is 13.4 Å². The van der Waals surface area contributed by atoms with Crippen LogP contribution in [0.3, 0.4) is 0 Å². The number of nitro groups is 1. The maximum Gasteiger partial charge on any atom is 0.312 e. The summed E-state index contributed by atoms with van der Waals surface area (Å²) < 4.78 is 26.3. The van der Waals surface area contributed by atoms with Crippen molar-refractivity contribution in [1.29, 1.82) is 0 Å². The molecule has 0 saturated heterocycles. The highest BCUT2D eigenvalue weighted by Gasteiger charge is 2.22. The van der Waals surface area contributed by atoms with E-state index in [1.165, 1.54) is 30.3 Å². The lowest BCUT2D eigenvalue weighted by Gasteiger charge is -2.08. The Bertz CT molecular complexity index is 794. The normalized spacial score (nSPS) is 11.1. The van der Waals surface area contributed by atoms with Gasteiger partial charge in [0.2, 0.25) is 5.82 Å². The van der Waals surface area contributed by atoms with E-state index in [9.17, 15) is 18.5 Å². The van der Waals surface area contributed by atoms with Gasteiger partial charge in [-0.1, -0.05) is 23.2 Å². The molecule has 0 aliphatic rings. The highest BCUT2D eigenvalue weighted by atomic mass is 35.5. The van der Waals surface area contributed by atoms with Gasteiger partial charge in [-0.3, -0.25) is 14.8 Å². The van der Waals surface area contributed by atoms with Gasteiger partial charge in [-0.15, -0.1) is 0 Å². The van der Waals surface area contributed by atoms with Crippen molar-refractivity contribution in [3.8, 4) is 0 Å². The van der Waals surface area contributed by atoms with E-state index in [0.717, 1.165) is 6.07 Å². The minimum Gasteiger partial charge on any atom is -0.258 e. The van der Waals surface area contributed by atoms with Crippen LogP contribution in [0.5, 0.6) is 0 Å². The third kappa shape index (κ3) is 3.60. The summed E-state index contributed by atoms with van der Waals surface area (Å²) in [6, 6.07) is 7.56. The number of halogens is 2. The van der Waals surface area contributed by atoms with Crippen molar-refractivity contribution in [3.63, 3.8) is 0 Å². The number of aromatic nitrogens is 1. The van der Waals surface area contributed by atoms with E-state index in [2.05, 4.69) is 4.98 Å². The maximum atomic E-state index is 12.1. The van der Waals surface area contributed by atoms with Gasteiger partial charge in [0.15, 0.2) is 0 Å². The smallest absolute Gasteiger partial charge is 0.258 e. The lowest BCUT2D eigenvalue weighted by molar-refractivity contribution is -0.384. The average molecular weight is 348 g/mol. The second kappa shape index (κ2) is 5.84. The molecule has 0 fully saturated rings. The van der Waals surface area contributed by atoms with Gasteiger partial charge >= 0.3 is 5.69 Å². The SMILES string of the molecule is O=[N+]([O-])c1ccc(Cl)nc1NS(=O)(=O)c1ccc(Cl)cc1. The van der Waals surface area contributed by atoms with Crippen molar-refractivity contribution in [2.75, 3.05) is 4.72 Å². The molecule has 0 bridgehead atoms. The van der Waals surface area contributed by atoms with Crippen molar-refractivity contribution in [3.05, 3.63) is 56.7 Å². The molecular formula is C11H7Cl2N3O4S. The maximum absolute atomic E-state index is 12.1. The van der Waals surface area contributed by atoms with E-state index in [-0.39, 0.29) is 10.0 Å². The Balaban J connectivity index is 2.43. The quantitative estimate of drug-likeness (QED) is 0.520. The monoisotopic (exact) mass is 347 g/mol. The predicted molar refractivity (Wildman–Crippen MR) is 78.2 cm³/mol. The number of benzene rings is 1. The fourth-order valence-electron chi connectivity index (χ4n) is 1.45. The zero-order valence-corrected chi connectivity index (χ0v) is 12.5. The van der Waals surface area contributed by atoms with E-state index in [4.69, 9.17) is 23.2 Å². The molecule has 7 nitrogen and oxygen atoms in total. The third-order valence-electron chi connectivity index (χ3n) is 2.39. The molecule has 2 aromatic rings. The summed E-state index contributed by atoms with van der Waals surface area (Å²) in [6.07, 6.45) is 0. The fourth-order valence-corrected chi connectivity index (χ4v) is 2.74. The lowest BCUT2D eigenvalue weighted by atomic mass is 10.4. The van der Waals surface area contributed by atoms with Crippen LogP contribution in [0.4, 0.5) is 11.5 Å². The topological polar surface area (TPSA) is 102 Å². The zero-order valence-electron chi connectivity index (χ0n) is 10.2. The van der Waals surface area contributed by atoms with E-state index in [1.54, 1.807) is 0 Å². The Labute approximate surface area is 129 Å². The molecule has 10 heteroatoms. The molecule has 0 unspecified atom stereocenters. The molecule has 0 radical (unpaired) electrons. The van der Waals surface area contributed by atoms with Crippen LogP contribution in [0.25, 0.3) is 0 Å². The zero-order chi connectivity index (χ0) is 15.6. The molecule has 0 atom stereocenters. The number of nitrogens with zero attached hydrogens (tertiary/aromatic N) is 2. The number of rotatable bonds is 4. The average Bonchev–Trinajstić information content (AvgIpc) is 2.38. The first-order chi connectivity index (χ1) is 9.79. The summed E-state index contributed by atoms with van der Waals surface area (Å²) >= 11 is 11.3. The molecule has 1 aromatic carbocycles.